The highest BCUT2D eigenvalue weighted by Gasteiger charge is 2.11. The van der Waals surface area contributed by atoms with Crippen LogP contribution in [-0.2, 0) is 4.74 Å². The normalized spacial score (nSPS) is 16.3. The Hall–Kier alpha value is -1.54. The highest BCUT2D eigenvalue weighted by Crippen LogP contribution is 2.21. The number of nitrogens with one attached hydrogen (secondary N) is 2. The number of benzene rings is 1. The van der Waals surface area contributed by atoms with Gasteiger partial charge < -0.3 is 25.2 Å². The summed E-state index contributed by atoms with van der Waals surface area (Å²) < 4.78 is 10.8. The van der Waals surface area contributed by atoms with Crippen molar-refractivity contribution in [1.82, 2.24) is 15.5 Å². The summed E-state index contributed by atoms with van der Waals surface area (Å²) in [6, 6.07) is 5.00. The molecule has 3 N–H and O–H groups in total. The topological polar surface area (TPSA) is 83.1 Å². The number of rotatable bonds is 8. The van der Waals surface area contributed by atoms with Gasteiger partial charge in [0.1, 0.15) is 18.5 Å². The molecular formula is C17H26ClN3O4. The van der Waals surface area contributed by atoms with Crippen molar-refractivity contribution in [2.24, 2.45) is 0 Å². The molecule has 0 spiro atoms. The zero-order valence-electron chi connectivity index (χ0n) is 14.5. The van der Waals surface area contributed by atoms with Crippen LogP contribution in [0.15, 0.2) is 18.2 Å². The van der Waals surface area contributed by atoms with E-state index in [4.69, 9.17) is 21.1 Å². The second kappa shape index (κ2) is 10.5. The fourth-order valence-electron chi connectivity index (χ4n) is 2.38. The molecule has 0 bridgehead atoms. The van der Waals surface area contributed by atoms with E-state index < -0.39 is 6.10 Å². The van der Waals surface area contributed by atoms with E-state index in [0.29, 0.717) is 17.3 Å². The van der Waals surface area contributed by atoms with E-state index >= 15 is 0 Å². The molecule has 1 heterocycles. The summed E-state index contributed by atoms with van der Waals surface area (Å²) in [5.74, 6) is 0.635. The summed E-state index contributed by atoms with van der Waals surface area (Å²) in [7, 11) is 0. The van der Waals surface area contributed by atoms with Crippen LogP contribution in [0, 0.1) is 6.92 Å². The maximum Gasteiger partial charge on any atom is 0.314 e. The van der Waals surface area contributed by atoms with Crippen molar-refractivity contribution >= 4 is 17.6 Å². The van der Waals surface area contributed by atoms with Crippen molar-refractivity contribution in [2.45, 2.75) is 13.0 Å². The summed E-state index contributed by atoms with van der Waals surface area (Å²) in [5.41, 5.74) is 0.909. The number of ether oxygens (including phenoxy) is 2. The van der Waals surface area contributed by atoms with Gasteiger partial charge in [-0.25, -0.2) is 4.79 Å². The molecule has 1 aliphatic heterocycles. The quantitative estimate of drug-likeness (QED) is 0.635. The number of carbonyl (C=O) groups excluding carboxylic acids is 1. The van der Waals surface area contributed by atoms with Crippen molar-refractivity contribution in [3.8, 4) is 5.75 Å². The molecule has 1 aromatic carbocycles. The first-order valence-electron chi connectivity index (χ1n) is 8.43. The molecule has 2 rings (SSSR count). The number of halogens is 1. The molecule has 0 unspecified atom stereocenters. The van der Waals surface area contributed by atoms with E-state index in [0.717, 1.165) is 38.4 Å². The lowest BCUT2D eigenvalue weighted by Gasteiger charge is -2.26. The summed E-state index contributed by atoms with van der Waals surface area (Å²) in [6.45, 7) is 6.71. The molecule has 1 aromatic rings. The minimum absolute atomic E-state index is 0.0924. The van der Waals surface area contributed by atoms with Crippen molar-refractivity contribution in [1.29, 1.82) is 0 Å². The van der Waals surface area contributed by atoms with Gasteiger partial charge in [-0.2, -0.15) is 0 Å². The summed E-state index contributed by atoms with van der Waals surface area (Å²) in [6.07, 6.45) is -0.791. The van der Waals surface area contributed by atoms with Crippen molar-refractivity contribution in [2.75, 3.05) is 52.5 Å². The van der Waals surface area contributed by atoms with Gasteiger partial charge in [-0.1, -0.05) is 11.6 Å². The fourth-order valence-corrected chi connectivity index (χ4v) is 2.50. The maximum atomic E-state index is 11.7. The van der Waals surface area contributed by atoms with Gasteiger partial charge in [-0.05, 0) is 30.7 Å². The third-order valence-electron chi connectivity index (χ3n) is 3.89. The molecule has 1 atom stereocenters. The second-order valence-electron chi connectivity index (χ2n) is 5.97. The first-order chi connectivity index (χ1) is 12.0. The van der Waals surface area contributed by atoms with Crippen LogP contribution in [0.2, 0.25) is 5.02 Å². The SMILES string of the molecule is Cc1cc(OC[C@H](O)CNC(=O)NCCN2CCOCC2)ccc1Cl. The van der Waals surface area contributed by atoms with Gasteiger partial charge in [-0.15, -0.1) is 0 Å². The van der Waals surface area contributed by atoms with Crippen LogP contribution in [0.25, 0.3) is 0 Å². The summed E-state index contributed by atoms with van der Waals surface area (Å²) in [4.78, 5) is 14.0. The van der Waals surface area contributed by atoms with Gasteiger partial charge in [0.15, 0.2) is 0 Å². The van der Waals surface area contributed by atoms with Crippen LogP contribution in [0.1, 0.15) is 5.56 Å². The van der Waals surface area contributed by atoms with Crippen molar-refractivity contribution < 1.29 is 19.4 Å². The molecule has 25 heavy (non-hydrogen) atoms. The molecule has 0 aromatic heterocycles. The largest absolute Gasteiger partial charge is 0.491 e. The van der Waals surface area contributed by atoms with Gasteiger partial charge in [0, 0.05) is 37.7 Å². The highest BCUT2D eigenvalue weighted by atomic mass is 35.5. The number of urea groups is 1. The van der Waals surface area contributed by atoms with E-state index in [-0.39, 0.29) is 19.2 Å². The maximum absolute atomic E-state index is 11.7. The lowest BCUT2D eigenvalue weighted by Crippen LogP contribution is -2.45. The number of hydrogen-bond acceptors (Lipinski definition) is 5. The zero-order valence-corrected chi connectivity index (χ0v) is 15.2. The number of nitrogens with zero attached hydrogens (tertiary/aromatic N) is 1. The summed E-state index contributed by atoms with van der Waals surface area (Å²) >= 11 is 5.95. The Kier molecular flexibility index (Phi) is 8.27. The van der Waals surface area contributed by atoms with Gasteiger partial charge in [-0.3, -0.25) is 4.90 Å². The molecule has 0 aliphatic carbocycles. The average molecular weight is 372 g/mol. The van der Waals surface area contributed by atoms with Gasteiger partial charge >= 0.3 is 6.03 Å². The molecule has 0 saturated carbocycles. The van der Waals surface area contributed by atoms with E-state index in [2.05, 4.69) is 15.5 Å². The predicted molar refractivity (Wildman–Crippen MR) is 96.4 cm³/mol. The number of morpholine rings is 1. The Morgan fingerprint density at radius 2 is 2.16 bits per heavy atom. The standard InChI is InChI=1S/C17H26ClN3O4/c1-13-10-15(2-3-16(13)18)25-12-14(22)11-20-17(23)19-4-5-21-6-8-24-9-7-21/h2-3,10,14,22H,4-9,11-12H2,1H3,(H2,19,20,23)/t14-/m1/s1. The van der Waals surface area contributed by atoms with E-state index in [1.807, 2.05) is 6.92 Å². The van der Waals surface area contributed by atoms with Crippen LogP contribution in [-0.4, -0.2) is 74.7 Å². The average Bonchev–Trinajstić information content (AvgIpc) is 2.62. The molecule has 1 fully saturated rings. The Labute approximate surface area is 153 Å². The van der Waals surface area contributed by atoms with Crippen LogP contribution in [0.5, 0.6) is 5.75 Å². The van der Waals surface area contributed by atoms with E-state index in [1.165, 1.54) is 0 Å². The van der Waals surface area contributed by atoms with Crippen LogP contribution < -0.4 is 15.4 Å². The van der Waals surface area contributed by atoms with Gasteiger partial charge in [0.05, 0.1) is 13.2 Å². The van der Waals surface area contributed by atoms with Crippen molar-refractivity contribution in [3.63, 3.8) is 0 Å². The number of amides is 2. The lowest BCUT2D eigenvalue weighted by atomic mass is 10.2. The Bertz CT molecular complexity index is 553. The van der Waals surface area contributed by atoms with Crippen LogP contribution in [0.3, 0.4) is 0 Å². The molecule has 1 aliphatic rings. The number of aryl methyl sites for hydroxylation is 1. The van der Waals surface area contributed by atoms with Gasteiger partial charge in [0.2, 0.25) is 0 Å². The van der Waals surface area contributed by atoms with Crippen LogP contribution in [0.4, 0.5) is 4.79 Å². The molecule has 8 heteroatoms. The smallest absolute Gasteiger partial charge is 0.314 e. The van der Waals surface area contributed by atoms with Crippen LogP contribution >= 0.6 is 11.6 Å². The first-order valence-corrected chi connectivity index (χ1v) is 8.81. The molecular weight excluding hydrogens is 346 g/mol. The predicted octanol–water partition coefficient (Wildman–Crippen LogP) is 1.02. The zero-order chi connectivity index (χ0) is 18.1. The Morgan fingerprint density at radius 1 is 1.40 bits per heavy atom. The first kappa shape index (κ1) is 19.8. The minimum Gasteiger partial charge on any atom is -0.491 e. The lowest BCUT2D eigenvalue weighted by molar-refractivity contribution is 0.0387. The van der Waals surface area contributed by atoms with Crippen molar-refractivity contribution in [3.05, 3.63) is 28.8 Å². The molecule has 140 valence electrons. The molecule has 7 nitrogen and oxygen atoms in total. The second-order valence-corrected chi connectivity index (χ2v) is 6.37. The highest BCUT2D eigenvalue weighted by molar-refractivity contribution is 6.31. The molecule has 1 saturated heterocycles. The van der Waals surface area contributed by atoms with E-state index in [9.17, 15) is 9.90 Å². The third-order valence-corrected chi connectivity index (χ3v) is 4.31. The number of hydrogen-bond donors (Lipinski definition) is 3. The third kappa shape index (κ3) is 7.48. The Balaban J connectivity index is 1.56. The Morgan fingerprint density at radius 3 is 2.88 bits per heavy atom. The monoisotopic (exact) mass is 371 g/mol. The number of aliphatic hydroxyl groups excluding tert-OH is 1. The van der Waals surface area contributed by atoms with Gasteiger partial charge in [0.25, 0.3) is 0 Å². The molecule has 0 radical (unpaired) electrons. The number of aliphatic hydroxyl groups is 1. The van der Waals surface area contributed by atoms with E-state index in [1.54, 1.807) is 18.2 Å². The molecule has 2 amide bonds. The minimum atomic E-state index is -0.791. The summed E-state index contributed by atoms with van der Waals surface area (Å²) in [5, 5.41) is 16.0. The number of carbonyl (C=O) groups is 1. The fraction of sp³-hybridized carbons (Fsp3) is 0.588.